The molecule has 2 aromatic heterocycles. The molecule has 2 heterocycles. The van der Waals surface area contributed by atoms with Gasteiger partial charge in [-0.2, -0.15) is 0 Å². The van der Waals surface area contributed by atoms with E-state index in [1.54, 1.807) is 12.4 Å². The summed E-state index contributed by atoms with van der Waals surface area (Å²) in [6, 6.07) is 7.69. The molecule has 0 aliphatic carbocycles. The van der Waals surface area contributed by atoms with Gasteiger partial charge in [-0.05, 0) is 38.1 Å². The Hall–Kier alpha value is -2.76. The van der Waals surface area contributed by atoms with Crippen LogP contribution in [0.4, 0.5) is 17.3 Å². The van der Waals surface area contributed by atoms with Gasteiger partial charge in [0.25, 0.3) is 0 Å². The Kier molecular flexibility index (Phi) is 3.35. The Balaban J connectivity index is 1.86. The van der Waals surface area contributed by atoms with Crippen LogP contribution in [0.15, 0.2) is 42.9 Å². The first-order chi connectivity index (χ1) is 10.1. The molecule has 108 valence electrons. The number of anilines is 3. The van der Waals surface area contributed by atoms with E-state index in [1.165, 1.54) is 0 Å². The quantitative estimate of drug-likeness (QED) is 0.770. The van der Waals surface area contributed by atoms with Gasteiger partial charge in [0.05, 0.1) is 12.3 Å². The van der Waals surface area contributed by atoms with Crippen molar-refractivity contribution in [3.63, 3.8) is 0 Å². The van der Waals surface area contributed by atoms with Gasteiger partial charge >= 0.3 is 0 Å². The predicted molar refractivity (Wildman–Crippen MR) is 82.9 cm³/mol. The predicted octanol–water partition coefficient (Wildman–Crippen LogP) is 2.84. The number of aromatic nitrogens is 3. The van der Waals surface area contributed by atoms with Crippen molar-refractivity contribution in [2.75, 3.05) is 11.1 Å². The Morgan fingerprint density at radius 3 is 2.71 bits per heavy atom. The molecular formula is C15H17N5O. The van der Waals surface area contributed by atoms with Crippen LogP contribution in [0.25, 0.3) is 5.65 Å². The molecule has 0 bridgehead atoms. The van der Waals surface area contributed by atoms with E-state index in [9.17, 15) is 0 Å². The average Bonchev–Trinajstić information content (AvgIpc) is 2.88. The molecule has 0 atom stereocenters. The minimum Gasteiger partial charge on any atom is -0.491 e. The Morgan fingerprint density at radius 1 is 1.24 bits per heavy atom. The van der Waals surface area contributed by atoms with Crippen LogP contribution < -0.4 is 15.8 Å². The van der Waals surface area contributed by atoms with E-state index in [0.29, 0.717) is 11.6 Å². The van der Waals surface area contributed by atoms with Gasteiger partial charge in [-0.15, -0.1) is 0 Å². The summed E-state index contributed by atoms with van der Waals surface area (Å²) in [6.07, 6.45) is 5.43. The zero-order valence-corrected chi connectivity index (χ0v) is 11.9. The number of nitrogen functional groups attached to an aromatic ring is 1. The third-order valence-electron chi connectivity index (χ3n) is 2.88. The van der Waals surface area contributed by atoms with Crippen molar-refractivity contribution >= 4 is 23.0 Å². The van der Waals surface area contributed by atoms with E-state index >= 15 is 0 Å². The van der Waals surface area contributed by atoms with E-state index < -0.39 is 0 Å². The fraction of sp³-hybridized carbons (Fsp3) is 0.200. The number of nitrogens with zero attached hydrogens (tertiary/aromatic N) is 3. The van der Waals surface area contributed by atoms with E-state index in [-0.39, 0.29) is 6.10 Å². The van der Waals surface area contributed by atoms with Gasteiger partial charge in [0.2, 0.25) is 0 Å². The smallest absolute Gasteiger partial charge is 0.180 e. The van der Waals surface area contributed by atoms with Crippen LogP contribution in [0.5, 0.6) is 5.75 Å². The van der Waals surface area contributed by atoms with Gasteiger partial charge < -0.3 is 20.2 Å². The van der Waals surface area contributed by atoms with E-state index in [0.717, 1.165) is 17.1 Å². The van der Waals surface area contributed by atoms with Crippen molar-refractivity contribution < 1.29 is 4.74 Å². The van der Waals surface area contributed by atoms with Crippen molar-refractivity contribution in [1.29, 1.82) is 0 Å². The number of hydrogen-bond donors (Lipinski definition) is 2. The third kappa shape index (κ3) is 2.89. The van der Waals surface area contributed by atoms with Crippen LogP contribution in [-0.4, -0.2) is 20.5 Å². The number of nitrogens with two attached hydrogens (primary N) is 1. The number of ether oxygens (including phenoxy) is 1. The zero-order valence-electron chi connectivity index (χ0n) is 11.9. The maximum atomic E-state index is 5.80. The van der Waals surface area contributed by atoms with Gasteiger partial charge in [0.15, 0.2) is 11.5 Å². The number of fused-ring (bicyclic) bond motifs is 1. The normalized spacial score (nSPS) is 11.0. The monoisotopic (exact) mass is 283 g/mol. The molecule has 0 unspecified atom stereocenters. The summed E-state index contributed by atoms with van der Waals surface area (Å²) in [4.78, 5) is 8.56. The molecule has 0 amide bonds. The van der Waals surface area contributed by atoms with E-state index in [1.807, 2.05) is 48.7 Å². The molecule has 0 aliphatic rings. The summed E-state index contributed by atoms with van der Waals surface area (Å²) < 4.78 is 7.45. The van der Waals surface area contributed by atoms with Crippen LogP contribution in [0, 0.1) is 0 Å². The van der Waals surface area contributed by atoms with E-state index in [4.69, 9.17) is 10.5 Å². The Labute approximate surface area is 122 Å². The summed E-state index contributed by atoms with van der Waals surface area (Å²) in [5, 5.41) is 3.22. The molecule has 0 aliphatic heterocycles. The van der Waals surface area contributed by atoms with Crippen molar-refractivity contribution in [2.24, 2.45) is 0 Å². The van der Waals surface area contributed by atoms with Gasteiger partial charge in [-0.25, -0.2) is 9.97 Å². The first kappa shape index (κ1) is 13.2. The lowest BCUT2D eigenvalue weighted by molar-refractivity contribution is 0.242. The molecule has 3 rings (SSSR count). The highest BCUT2D eigenvalue weighted by molar-refractivity contribution is 5.71. The topological polar surface area (TPSA) is 77.5 Å². The number of imidazole rings is 1. The number of hydrogen-bond acceptors (Lipinski definition) is 5. The summed E-state index contributed by atoms with van der Waals surface area (Å²) in [5.74, 6) is 1.89. The van der Waals surface area contributed by atoms with E-state index in [2.05, 4.69) is 15.3 Å². The molecule has 0 radical (unpaired) electrons. The molecule has 1 aromatic carbocycles. The number of benzene rings is 1. The highest BCUT2D eigenvalue weighted by Gasteiger charge is 2.06. The molecule has 21 heavy (non-hydrogen) atoms. The summed E-state index contributed by atoms with van der Waals surface area (Å²) in [6.45, 7) is 4.00. The van der Waals surface area contributed by atoms with Crippen LogP contribution in [-0.2, 0) is 0 Å². The van der Waals surface area contributed by atoms with Crippen molar-refractivity contribution in [3.05, 3.63) is 42.9 Å². The lowest BCUT2D eigenvalue weighted by Gasteiger charge is -2.11. The molecule has 6 nitrogen and oxygen atoms in total. The van der Waals surface area contributed by atoms with Crippen LogP contribution in [0.3, 0.4) is 0 Å². The fourth-order valence-corrected chi connectivity index (χ4v) is 2.06. The van der Waals surface area contributed by atoms with Crippen molar-refractivity contribution in [3.8, 4) is 5.75 Å². The highest BCUT2D eigenvalue weighted by Crippen LogP contribution is 2.22. The van der Waals surface area contributed by atoms with Crippen molar-refractivity contribution in [2.45, 2.75) is 20.0 Å². The SMILES string of the molecule is CC(C)Oc1ccc(Nc2nc(N)cn3ccnc23)cc1. The molecule has 3 N–H and O–H groups in total. The van der Waals surface area contributed by atoms with Crippen LogP contribution in [0.2, 0.25) is 0 Å². The van der Waals surface area contributed by atoms with Crippen LogP contribution in [0.1, 0.15) is 13.8 Å². The average molecular weight is 283 g/mol. The lowest BCUT2D eigenvalue weighted by atomic mass is 10.3. The lowest BCUT2D eigenvalue weighted by Crippen LogP contribution is -2.05. The van der Waals surface area contributed by atoms with Gasteiger partial charge in [0.1, 0.15) is 11.6 Å². The second-order valence-corrected chi connectivity index (χ2v) is 4.99. The minimum atomic E-state index is 0.156. The highest BCUT2D eigenvalue weighted by atomic mass is 16.5. The first-order valence-corrected chi connectivity index (χ1v) is 6.75. The molecule has 0 spiro atoms. The van der Waals surface area contributed by atoms with Gasteiger partial charge in [-0.3, -0.25) is 0 Å². The standard InChI is InChI=1S/C15H17N5O/c1-10(2)21-12-5-3-11(4-6-12)18-14-15-17-7-8-20(15)9-13(16)19-14/h3-10H,16H2,1-2H3,(H,18,19). The second kappa shape index (κ2) is 5.32. The summed E-state index contributed by atoms with van der Waals surface area (Å²) in [5.41, 5.74) is 7.42. The zero-order chi connectivity index (χ0) is 14.8. The Morgan fingerprint density at radius 2 is 2.00 bits per heavy atom. The van der Waals surface area contributed by atoms with Gasteiger partial charge in [-0.1, -0.05) is 0 Å². The number of nitrogens with one attached hydrogen (secondary N) is 1. The maximum Gasteiger partial charge on any atom is 0.180 e. The summed E-state index contributed by atoms with van der Waals surface area (Å²) >= 11 is 0. The van der Waals surface area contributed by atoms with Crippen molar-refractivity contribution in [1.82, 2.24) is 14.4 Å². The number of rotatable bonds is 4. The van der Waals surface area contributed by atoms with Crippen LogP contribution >= 0.6 is 0 Å². The Bertz CT molecular complexity index is 748. The second-order valence-electron chi connectivity index (χ2n) is 4.99. The van der Waals surface area contributed by atoms with Gasteiger partial charge in [0, 0.05) is 18.1 Å². The maximum absolute atomic E-state index is 5.80. The first-order valence-electron chi connectivity index (χ1n) is 6.75. The molecule has 0 saturated carbocycles. The fourth-order valence-electron chi connectivity index (χ4n) is 2.06. The molecule has 6 heteroatoms. The largest absolute Gasteiger partial charge is 0.491 e. The minimum absolute atomic E-state index is 0.156. The molecule has 0 saturated heterocycles. The summed E-state index contributed by atoms with van der Waals surface area (Å²) in [7, 11) is 0. The third-order valence-corrected chi connectivity index (χ3v) is 2.88. The molecule has 0 fully saturated rings. The molecular weight excluding hydrogens is 266 g/mol. The molecule has 3 aromatic rings.